The second-order valence-corrected chi connectivity index (χ2v) is 5.57. The second kappa shape index (κ2) is 6.04. The highest BCUT2D eigenvalue weighted by atomic mass is 16.5. The third-order valence-corrected chi connectivity index (χ3v) is 4.07. The van der Waals surface area contributed by atoms with Crippen LogP contribution in [-0.2, 0) is 9.47 Å². The fourth-order valence-corrected chi connectivity index (χ4v) is 2.94. The van der Waals surface area contributed by atoms with Crippen LogP contribution in [-0.4, -0.2) is 56.4 Å². The van der Waals surface area contributed by atoms with Gasteiger partial charge in [0.05, 0.1) is 25.9 Å². The quantitative estimate of drug-likeness (QED) is 0.822. The molecule has 4 nitrogen and oxygen atoms in total. The van der Waals surface area contributed by atoms with E-state index in [0.29, 0.717) is 0 Å². The minimum atomic E-state index is 0.0434. The predicted octanol–water partition coefficient (Wildman–Crippen LogP) is 1.38. The SMILES string of the molecule is CNC(C1=CCCCO1)C(C)(C)N1CCOCC1. The van der Waals surface area contributed by atoms with Gasteiger partial charge in [-0.25, -0.2) is 0 Å². The summed E-state index contributed by atoms with van der Waals surface area (Å²) in [7, 11) is 2.02. The number of hydrogen-bond acceptors (Lipinski definition) is 4. The van der Waals surface area contributed by atoms with Gasteiger partial charge in [-0.15, -0.1) is 0 Å². The zero-order chi connectivity index (χ0) is 13.0. The van der Waals surface area contributed by atoms with Crippen molar-refractivity contribution < 1.29 is 9.47 Å². The average Bonchev–Trinajstić information content (AvgIpc) is 2.41. The number of rotatable bonds is 4. The van der Waals surface area contributed by atoms with Gasteiger partial charge >= 0.3 is 0 Å². The van der Waals surface area contributed by atoms with E-state index in [4.69, 9.17) is 9.47 Å². The van der Waals surface area contributed by atoms with Crippen LogP contribution in [0.1, 0.15) is 26.7 Å². The van der Waals surface area contributed by atoms with Crippen molar-refractivity contribution in [2.45, 2.75) is 38.3 Å². The highest BCUT2D eigenvalue weighted by Crippen LogP contribution is 2.27. The Morgan fingerprint density at radius 3 is 2.56 bits per heavy atom. The zero-order valence-corrected chi connectivity index (χ0v) is 11.9. The molecule has 0 saturated carbocycles. The lowest BCUT2D eigenvalue weighted by Crippen LogP contribution is -2.60. The molecule has 104 valence electrons. The highest BCUT2D eigenvalue weighted by Gasteiger charge is 2.38. The lowest BCUT2D eigenvalue weighted by Gasteiger charge is -2.46. The fourth-order valence-electron chi connectivity index (χ4n) is 2.94. The van der Waals surface area contributed by atoms with Gasteiger partial charge in [0.2, 0.25) is 0 Å². The molecule has 1 saturated heterocycles. The van der Waals surface area contributed by atoms with Crippen molar-refractivity contribution in [2.75, 3.05) is 40.0 Å². The minimum Gasteiger partial charge on any atom is -0.497 e. The summed E-state index contributed by atoms with van der Waals surface area (Å²) in [4.78, 5) is 2.50. The molecule has 4 heteroatoms. The van der Waals surface area contributed by atoms with Crippen molar-refractivity contribution in [1.29, 1.82) is 0 Å². The summed E-state index contributed by atoms with van der Waals surface area (Å²) in [5, 5.41) is 3.43. The lowest BCUT2D eigenvalue weighted by molar-refractivity contribution is -0.0258. The molecule has 2 aliphatic heterocycles. The van der Waals surface area contributed by atoms with Crippen LogP contribution < -0.4 is 5.32 Å². The van der Waals surface area contributed by atoms with Crippen LogP contribution in [0, 0.1) is 0 Å². The molecule has 0 aromatic heterocycles. The third kappa shape index (κ3) is 2.87. The lowest BCUT2D eigenvalue weighted by atomic mass is 9.89. The fraction of sp³-hybridized carbons (Fsp3) is 0.857. The first-order chi connectivity index (χ1) is 8.66. The first-order valence-corrected chi connectivity index (χ1v) is 6.99. The largest absolute Gasteiger partial charge is 0.497 e. The van der Waals surface area contributed by atoms with E-state index in [1.807, 2.05) is 7.05 Å². The van der Waals surface area contributed by atoms with Gasteiger partial charge in [0.15, 0.2) is 0 Å². The first kappa shape index (κ1) is 13.8. The van der Waals surface area contributed by atoms with Gasteiger partial charge in [-0.2, -0.15) is 0 Å². The van der Waals surface area contributed by atoms with Gasteiger partial charge < -0.3 is 14.8 Å². The molecule has 0 bridgehead atoms. The van der Waals surface area contributed by atoms with Crippen LogP contribution in [0.25, 0.3) is 0 Å². The molecule has 2 aliphatic rings. The summed E-state index contributed by atoms with van der Waals surface area (Å²) >= 11 is 0. The van der Waals surface area contributed by atoms with Crippen molar-refractivity contribution in [3.8, 4) is 0 Å². The van der Waals surface area contributed by atoms with E-state index in [-0.39, 0.29) is 11.6 Å². The number of hydrogen-bond donors (Lipinski definition) is 1. The molecule has 0 aromatic carbocycles. The molecule has 0 spiro atoms. The number of morpholine rings is 1. The molecule has 0 aromatic rings. The minimum absolute atomic E-state index is 0.0434. The standard InChI is InChI=1S/C14H26N2O2/c1-14(2,16-7-10-17-11-8-16)13(15-3)12-6-4-5-9-18-12/h6,13,15H,4-5,7-11H2,1-3H3. The van der Waals surface area contributed by atoms with Crippen molar-refractivity contribution in [3.05, 3.63) is 11.8 Å². The molecule has 1 unspecified atom stereocenters. The van der Waals surface area contributed by atoms with Crippen LogP contribution >= 0.6 is 0 Å². The summed E-state index contributed by atoms with van der Waals surface area (Å²) in [6.45, 7) is 9.09. The molecule has 0 radical (unpaired) electrons. The number of ether oxygens (including phenoxy) is 2. The third-order valence-electron chi connectivity index (χ3n) is 4.07. The first-order valence-electron chi connectivity index (χ1n) is 6.99. The molecule has 1 fully saturated rings. The molecular formula is C14H26N2O2. The Morgan fingerprint density at radius 2 is 2.00 bits per heavy atom. The zero-order valence-electron chi connectivity index (χ0n) is 11.9. The average molecular weight is 254 g/mol. The van der Waals surface area contributed by atoms with Crippen LogP contribution in [0.5, 0.6) is 0 Å². The maximum absolute atomic E-state index is 5.85. The predicted molar refractivity (Wildman–Crippen MR) is 72.6 cm³/mol. The molecule has 0 amide bonds. The van der Waals surface area contributed by atoms with Crippen molar-refractivity contribution in [2.24, 2.45) is 0 Å². The van der Waals surface area contributed by atoms with Crippen molar-refractivity contribution >= 4 is 0 Å². The molecule has 2 rings (SSSR count). The Labute approximate surface area is 110 Å². The Hall–Kier alpha value is -0.580. The monoisotopic (exact) mass is 254 g/mol. The maximum Gasteiger partial charge on any atom is 0.111 e. The summed E-state index contributed by atoms with van der Waals surface area (Å²) in [6.07, 6.45) is 4.51. The Morgan fingerprint density at radius 1 is 1.28 bits per heavy atom. The van der Waals surface area contributed by atoms with Crippen LogP contribution in [0.2, 0.25) is 0 Å². The van der Waals surface area contributed by atoms with E-state index in [9.17, 15) is 0 Å². The summed E-state index contributed by atoms with van der Waals surface area (Å²) < 4.78 is 11.3. The number of nitrogens with zero attached hydrogens (tertiary/aromatic N) is 1. The van der Waals surface area contributed by atoms with Gasteiger partial charge in [0.1, 0.15) is 5.76 Å². The summed E-state index contributed by atoms with van der Waals surface area (Å²) in [5.74, 6) is 1.11. The number of nitrogens with one attached hydrogen (secondary N) is 1. The Bertz CT molecular complexity index is 296. The molecular weight excluding hydrogens is 228 g/mol. The van der Waals surface area contributed by atoms with Gasteiger partial charge in [-0.3, -0.25) is 4.90 Å². The van der Waals surface area contributed by atoms with Crippen LogP contribution in [0.4, 0.5) is 0 Å². The summed E-state index contributed by atoms with van der Waals surface area (Å²) in [6, 6.07) is 0.246. The maximum atomic E-state index is 5.85. The van der Waals surface area contributed by atoms with E-state index in [1.165, 1.54) is 0 Å². The molecule has 2 heterocycles. The van der Waals surface area contributed by atoms with Gasteiger partial charge in [0, 0.05) is 18.6 Å². The van der Waals surface area contributed by atoms with Crippen LogP contribution in [0.3, 0.4) is 0 Å². The van der Waals surface area contributed by atoms with Gasteiger partial charge in [0.25, 0.3) is 0 Å². The topological polar surface area (TPSA) is 33.7 Å². The van der Waals surface area contributed by atoms with E-state index < -0.39 is 0 Å². The van der Waals surface area contributed by atoms with E-state index in [1.54, 1.807) is 0 Å². The van der Waals surface area contributed by atoms with E-state index in [0.717, 1.165) is 51.5 Å². The number of likely N-dealkylation sites (N-methyl/N-ethyl adjacent to an activating group) is 1. The smallest absolute Gasteiger partial charge is 0.111 e. The Balaban J connectivity index is 2.11. The highest BCUT2D eigenvalue weighted by molar-refractivity contribution is 5.14. The van der Waals surface area contributed by atoms with E-state index >= 15 is 0 Å². The summed E-state index contributed by atoms with van der Waals surface area (Å²) in [5.41, 5.74) is 0.0434. The normalized spacial score (nSPS) is 24.3. The number of allylic oxidation sites excluding steroid dienone is 1. The van der Waals surface area contributed by atoms with Crippen molar-refractivity contribution in [1.82, 2.24) is 10.2 Å². The van der Waals surface area contributed by atoms with Crippen LogP contribution in [0.15, 0.2) is 11.8 Å². The Kier molecular flexibility index (Phi) is 4.65. The molecule has 1 N–H and O–H groups in total. The molecule has 0 aliphatic carbocycles. The van der Waals surface area contributed by atoms with Gasteiger partial charge in [-0.1, -0.05) is 0 Å². The van der Waals surface area contributed by atoms with Crippen molar-refractivity contribution in [3.63, 3.8) is 0 Å². The molecule has 1 atom stereocenters. The second-order valence-electron chi connectivity index (χ2n) is 5.57. The van der Waals surface area contributed by atoms with Gasteiger partial charge in [-0.05, 0) is 39.8 Å². The molecule has 18 heavy (non-hydrogen) atoms. The van der Waals surface area contributed by atoms with E-state index in [2.05, 4.69) is 30.1 Å².